The van der Waals surface area contributed by atoms with E-state index in [2.05, 4.69) is 27.4 Å². The fourth-order valence-electron chi connectivity index (χ4n) is 1.91. The van der Waals surface area contributed by atoms with E-state index in [0.29, 0.717) is 13.1 Å². The van der Waals surface area contributed by atoms with E-state index >= 15 is 0 Å². The summed E-state index contributed by atoms with van der Waals surface area (Å²) in [5.74, 6) is 0.627. The van der Waals surface area contributed by atoms with Gasteiger partial charge in [-0.1, -0.05) is 13.3 Å². The third-order valence-corrected chi connectivity index (χ3v) is 3.07. The van der Waals surface area contributed by atoms with E-state index in [0.717, 1.165) is 31.9 Å². The fraction of sp³-hybridized carbons (Fsp3) is 0.769. The standard InChI is InChI=1S/C13H25N5O2/c1-4-6-8-17(3)12(14-5-2)15-7-9-18-11(19)10-16-13(18)20/h4-10H2,1-3H3,(H,14,15)(H,16,20). The number of unbranched alkanes of at least 4 members (excludes halogenated alkanes) is 1. The molecule has 0 aliphatic carbocycles. The fourth-order valence-corrected chi connectivity index (χ4v) is 1.91. The maximum Gasteiger partial charge on any atom is 0.324 e. The first kappa shape index (κ1) is 16.3. The molecule has 1 saturated heterocycles. The Bertz CT molecular complexity index is 354. The molecule has 0 aromatic heterocycles. The molecule has 20 heavy (non-hydrogen) atoms. The van der Waals surface area contributed by atoms with E-state index in [4.69, 9.17) is 0 Å². The Morgan fingerprint density at radius 1 is 1.45 bits per heavy atom. The van der Waals surface area contributed by atoms with Gasteiger partial charge in [-0.3, -0.25) is 14.7 Å². The Kier molecular flexibility index (Phi) is 6.83. The van der Waals surface area contributed by atoms with Crippen LogP contribution in [-0.4, -0.2) is 67.5 Å². The number of hydrogen-bond donors (Lipinski definition) is 2. The molecule has 1 heterocycles. The van der Waals surface area contributed by atoms with Gasteiger partial charge in [-0.25, -0.2) is 4.79 Å². The maximum atomic E-state index is 11.4. The van der Waals surface area contributed by atoms with Crippen molar-refractivity contribution in [1.29, 1.82) is 0 Å². The van der Waals surface area contributed by atoms with Gasteiger partial charge in [-0.15, -0.1) is 0 Å². The zero-order valence-electron chi connectivity index (χ0n) is 12.6. The summed E-state index contributed by atoms with van der Waals surface area (Å²) in [4.78, 5) is 30.5. The summed E-state index contributed by atoms with van der Waals surface area (Å²) in [6.07, 6.45) is 2.24. The topological polar surface area (TPSA) is 77.0 Å². The van der Waals surface area contributed by atoms with Gasteiger partial charge in [0.15, 0.2) is 5.96 Å². The molecule has 1 rings (SSSR count). The average molecular weight is 283 g/mol. The molecule has 7 heteroatoms. The summed E-state index contributed by atoms with van der Waals surface area (Å²) in [7, 11) is 1.99. The monoisotopic (exact) mass is 283 g/mol. The number of amides is 3. The summed E-state index contributed by atoms with van der Waals surface area (Å²) in [6, 6.07) is -0.325. The van der Waals surface area contributed by atoms with Crippen molar-refractivity contribution in [1.82, 2.24) is 20.4 Å². The minimum absolute atomic E-state index is 0.0962. The molecule has 0 aromatic carbocycles. The molecule has 1 aliphatic heterocycles. The second kappa shape index (κ2) is 8.39. The van der Waals surface area contributed by atoms with E-state index in [1.807, 2.05) is 14.0 Å². The zero-order chi connectivity index (χ0) is 15.0. The molecule has 1 fully saturated rings. The van der Waals surface area contributed by atoms with Crippen LogP contribution in [0.1, 0.15) is 26.7 Å². The van der Waals surface area contributed by atoms with Crippen LogP contribution in [0.4, 0.5) is 4.79 Å². The predicted molar refractivity (Wildman–Crippen MR) is 78.6 cm³/mol. The minimum atomic E-state index is -0.325. The highest BCUT2D eigenvalue weighted by Crippen LogP contribution is 1.99. The lowest BCUT2D eigenvalue weighted by Crippen LogP contribution is -2.40. The highest BCUT2D eigenvalue weighted by Gasteiger charge is 2.27. The van der Waals surface area contributed by atoms with Crippen molar-refractivity contribution in [3.05, 3.63) is 0 Å². The zero-order valence-corrected chi connectivity index (χ0v) is 12.6. The van der Waals surface area contributed by atoms with Crippen LogP contribution in [0.5, 0.6) is 0 Å². The first-order valence-electron chi connectivity index (χ1n) is 7.17. The van der Waals surface area contributed by atoms with Crippen LogP contribution >= 0.6 is 0 Å². The summed E-state index contributed by atoms with van der Waals surface area (Å²) < 4.78 is 0. The van der Waals surface area contributed by atoms with Crippen molar-refractivity contribution in [3.8, 4) is 0 Å². The molecule has 0 saturated carbocycles. The van der Waals surface area contributed by atoms with Crippen molar-refractivity contribution < 1.29 is 9.59 Å². The van der Waals surface area contributed by atoms with E-state index in [-0.39, 0.29) is 18.5 Å². The lowest BCUT2D eigenvalue weighted by Gasteiger charge is -2.22. The first-order chi connectivity index (χ1) is 9.60. The third-order valence-electron chi connectivity index (χ3n) is 3.07. The van der Waals surface area contributed by atoms with E-state index in [9.17, 15) is 9.59 Å². The summed E-state index contributed by atoms with van der Waals surface area (Å²) in [6.45, 7) is 6.72. The average Bonchev–Trinajstić information content (AvgIpc) is 2.75. The van der Waals surface area contributed by atoms with Crippen LogP contribution in [0.25, 0.3) is 0 Å². The Balaban J connectivity index is 2.49. The van der Waals surface area contributed by atoms with Crippen molar-refractivity contribution in [2.24, 2.45) is 4.99 Å². The lowest BCUT2D eigenvalue weighted by atomic mass is 10.3. The number of urea groups is 1. The van der Waals surface area contributed by atoms with Gasteiger partial charge in [0.1, 0.15) is 0 Å². The third kappa shape index (κ3) is 4.71. The van der Waals surface area contributed by atoms with Gasteiger partial charge in [0.2, 0.25) is 5.91 Å². The highest BCUT2D eigenvalue weighted by molar-refractivity contribution is 6.01. The second-order valence-corrected chi connectivity index (χ2v) is 4.71. The molecule has 7 nitrogen and oxygen atoms in total. The molecule has 114 valence electrons. The Morgan fingerprint density at radius 2 is 2.20 bits per heavy atom. The Morgan fingerprint density at radius 3 is 2.75 bits per heavy atom. The number of nitrogens with zero attached hydrogens (tertiary/aromatic N) is 3. The number of aliphatic imine (C=N–C) groups is 1. The Hall–Kier alpha value is -1.79. The van der Waals surface area contributed by atoms with Crippen LogP contribution in [0, 0.1) is 0 Å². The SMILES string of the molecule is CCCCN(C)C(=NCCN1C(=O)CNC1=O)NCC. The molecule has 0 radical (unpaired) electrons. The van der Waals surface area contributed by atoms with Crippen molar-refractivity contribution in [3.63, 3.8) is 0 Å². The molecule has 0 spiro atoms. The molecule has 0 bridgehead atoms. The number of guanidine groups is 1. The number of imide groups is 1. The van der Waals surface area contributed by atoms with Gasteiger partial charge < -0.3 is 15.5 Å². The number of hydrogen-bond acceptors (Lipinski definition) is 3. The predicted octanol–water partition coefficient (Wildman–Crippen LogP) is 0.236. The molecular formula is C13H25N5O2. The molecule has 0 aromatic rings. The first-order valence-corrected chi connectivity index (χ1v) is 7.17. The van der Waals surface area contributed by atoms with Crippen molar-refractivity contribution in [2.45, 2.75) is 26.7 Å². The quantitative estimate of drug-likeness (QED) is 0.398. The molecule has 2 N–H and O–H groups in total. The lowest BCUT2D eigenvalue weighted by molar-refractivity contribution is -0.124. The van der Waals surface area contributed by atoms with Crippen LogP contribution < -0.4 is 10.6 Å². The van der Waals surface area contributed by atoms with Crippen molar-refractivity contribution in [2.75, 3.05) is 39.8 Å². The molecule has 3 amide bonds. The smallest absolute Gasteiger partial charge is 0.324 e. The maximum absolute atomic E-state index is 11.4. The minimum Gasteiger partial charge on any atom is -0.357 e. The molecule has 0 unspecified atom stereocenters. The van der Waals surface area contributed by atoms with E-state index in [1.54, 1.807) is 0 Å². The van der Waals surface area contributed by atoms with Gasteiger partial charge in [0.05, 0.1) is 19.6 Å². The van der Waals surface area contributed by atoms with Gasteiger partial charge in [0.25, 0.3) is 0 Å². The van der Waals surface area contributed by atoms with Crippen molar-refractivity contribution >= 4 is 17.9 Å². The van der Waals surface area contributed by atoms with Crippen LogP contribution in [0.3, 0.4) is 0 Å². The van der Waals surface area contributed by atoms with Gasteiger partial charge >= 0.3 is 6.03 Å². The second-order valence-electron chi connectivity index (χ2n) is 4.71. The molecular weight excluding hydrogens is 258 g/mol. The van der Waals surface area contributed by atoms with Gasteiger partial charge in [-0.05, 0) is 13.3 Å². The Labute approximate surface area is 120 Å². The van der Waals surface area contributed by atoms with Crippen LogP contribution in [0.15, 0.2) is 4.99 Å². The molecule has 1 aliphatic rings. The van der Waals surface area contributed by atoms with Crippen LogP contribution in [0.2, 0.25) is 0 Å². The van der Waals surface area contributed by atoms with Gasteiger partial charge in [0, 0.05) is 20.1 Å². The largest absolute Gasteiger partial charge is 0.357 e. The van der Waals surface area contributed by atoms with E-state index in [1.165, 1.54) is 4.90 Å². The number of rotatable bonds is 7. The number of carbonyl (C=O) groups is 2. The summed E-state index contributed by atoms with van der Waals surface area (Å²) >= 11 is 0. The summed E-state index contributed by atoms with van der Waals surface area (Å²) in [5, 5.41) is 5.71. The van der Waals surface area contributed by atoms with Crippen LogP contribution in [-0.2, 0) is 4.79 Å². The summed E-state index contributed by atoms with van der Waals surface area (Å²) in [5.41, 5.74) is 0. The highest BCUT2D eigenvalue weighted by atomic mass is 16.2. The number of carbonyl (C=O) groups excluding carboxylic acids is 2. The molecule has 0 atom stereocenters. The number of nitrogens with one attached hydrogen (secondary N) is 2. The normalized spacial score (nSPS) is 15.6. The van der Waals surface area contributed by atoms with Gasteiger partial charge in [-0.2, -0.15) is 0 Å². The van der Waals surface area contributed by atoms with E-state index < -0.39 is 0 Å².